The van der Waals surface area contributed by atoms with Crippen LogP contribution in [0, 0.1) is 87.3 Å². The lowest BCUT2D eigenvalue weighted by Crippen LogP contribution is -2.49. The number of rotatable bonds is 42. The maximum absolute atomic E-state index is 15.4. The van der Waals surface area contributed by atoms with Gasteiger partial charge in [0.05, 0.1) is 16.7 Å². The zero-order valence-electron chi connectivity index (χ0n) is 78.2. The van der Waals surface area contributed by atoms with E-state index < -0.39 is 230 Å². The van der Waals surface area contributed by atoms with Crippen molar-refractivity contribution in [3.8, 4) is 34.5 Å². The van der Waals surface area contributed by atoms with Crippen molar-refractivity contribution in [2.24, 2.45) is 0 Å². The summed E-state index contributed by atoms with van der Waals surface area (Å²) in [6.07, 6.45) is 0.843. The van der Waals surface area contributed by atoms with Gasteiger partial charge in [0.1, 0.15) is 72.0 Å². The van der Waals surface area contributed by atoms with Crippen LogP contribution in [0.4, 0.5) is 80.2 Å². The number of ether oxygens (including phenoxy) is 9. The molecule has 0 aliphatic heterocycles. The molecule has 0 radical (unpaired) electrons. The van der Waals surface area contributed by atoms with E-state index in [1.807, 2.05) is 0 Å². The Morgan fingerprint density at radius 3 is 0.708 bits per heavy atom. The zero-order chi connectivity index (χ0) is 106. The lowest BCUT2D eigenvalue weighted by molar-refractivity contribution is -0.124. The number of nitrogens with one attached hydrogen (secondary N) is 6. The third kappa shape index (κ3) is 32.0. The third-order valence-electron chi connectivity index (χ3n) is 19.6. The second kappa shape index (κ2) is 49.9. The summed E-state index contributed by atoms with van der Waals surface area (Å²) in [5, 5.41) is 15.6. The molecule has 144 heavy (non-hydrogen) atoms. The summed E-state index contributed by atoms with van der Waals surface area (Å²) in [6, 6.07) is 30.0. The highest BCUT2D eigenvalue weighted by atomic mass is 32.2. The van der Waals surface area contributed by atoms with Crippen molar-refractivity contribution in [2.45, 2.75) is 168 Å². The number of benzene rings is 10. The van der Waals surface area contributed by atoms with Crippen LogP contribution in [0.15, 0.2) is 198 Å². The minimum absolute atomic E-state index is 0.0242. The van der Waals surface area contributed by atoms with Gasteiger partial charge in [0.25, 0.3) is 0 Å². The van der Waals surface area contributed by atoms with Crippen molar-refractivity contribution < 1.29 is 152 Å². The fourth-order valence-electron chi connectivity index (χ4n) is 13.2. The Balaban J connectivity index is 1.07. The first-order valence-electron chi connectivity index (χ1n) is 43.4. The van der Waals surface area contributed by atoms with Gasteiger partial charge in [-0.25, -0.2) is 68.3 Å². The Morgan fingerprint density at radius 2 is 0.500 bits per heavy atom. The first kappa shape index (κ1) is 111. The van der Waals surface area contributed by atoms with Crippen LogP contribution in [0.3, 0.4) is 0 Å². The van der Waals surface area contributed by atoms with Gasteiger partial charge in [0.2, 0.25) is 122 Å². The van der Waals surface area contributed by atoms with Crippen molar-refractivity contribution in [1.29, 1.82) is 0 Å². The molecule has 0 aromatic heterocycles. The molecule has 6 amide bonds. The van der Waals surface area contributed by atoms with Gasteiger partial charge in [-0.15, -0.1) is 35.3 Å². The summed E-state index contributed by atoms with van der Waals surface area (Å²) in [6.45, 7) is 23.6. The van der Waals surface area contributed by atoms with Crippen molar-refractivity contribution in [3.63, 3.8) is 0 Å². The summed E-state index contributed by atoms with van der Waals surface area (Å²) in [7, 11) is 0. The van der Waals surface area contributed by atoms with Crippen LogP contribution in [-0.2, 0) is 84.7 Å². The highest BCUT2D eigenvalue weighted by Crippen LogP contribution is 2.40. The standard InChI is InChI=1S/C102H93F15N6O18S3/c1-13-28-133-64-22-16-52(17-23-64)40-70(121-97(130)139-100(4,5)6)91(124)118-46-55-31-58(37-61(34-55)94(127)136-88-82(112)76(106)73(103)77(107)83(88)113)49-142-67-43-68(143-50-59-32-56(35-62(38-59)95(128)137-89-84(114)78(108)74(104)79(109)85(89)115)47-119-92(125)71(122-98(131)140-101(7,8)9)41-53-18-24-65(25-19-53)134-29-14-2)45-69(44-67)144-51-60-33-57(36-63(39-60)96(129)138-90-86(116)80(110)75(105)81(111)87(90)117)48-120-93(126)72(123-99(132)141-102(10,11)12)42-54-20-26-66(27-21-54)135-30-15-3/h13-27,31-39,43-45,70-72H,1-3,28-30,40-42,46-51H2,4-12H3,(H,118,124)(H,119,125)(H,120,126)(H,121,130)(H,122,131)(H,123,132)/t70-,71-,72-/m0/s1. The minimum atomic E-state index is -2.60. The highest BCUT2D eigenvalue weighted by molar-refractivity contribution is 8.00. The van der Waals surface area contributed by atoms with Gasteiger partial charge in [-0.3, -0.25) is 14.4 Å². The van der Waals surface area contributed by atoms with Crippen LogP contribution in [0.2, 0.25) is 0 Å². The quantitative estimate of drug-likeness (QED) is 0.00303. The number of hydrogen-bond acceptors (Lipinski definition) is 21. The molecule has 3 atom stereocenters. The molecular weight excluding hydrogens is 1980 g/mol. The SMILES string of the molecule is C=CCOc1ccc(C[C@H](NC(=O)OC(C)(C)C)C(=O)NCc2cc(CSc3cc(SCc4cc(CNC(=O)[C@H](Cc5ccc(OCC=C)cc5)NC(=O)OC(C)(C)C)cc(C(=O)Oc5c(F)c(F)c(F)c(F)c5F)c4)cc(SCc4cc(CNC(=O)[C@H](Cc5ccc(OCC=C)cc5)NC(=O)OC(C)(C)C)cc(C(=O)Oc5c(F)c(F)c(F)c(F)c5F)c4)c3)cc(C(=O)Oc3c(F)c(F)c(F)c(F)c3F)c2)cc1. The van der Waals surface area contributed by atoms with E-state index in [4.69, 9.17) is 42.6 Å². The molecule has 0 unspecified atom stereocenters. The molecule has 0 bridgehead atoms. The van der Waals surface area contributed by atoms with Crippen molar-refractivity contribution in [1.82, 2.24) is 31.9 Å². The van der Waals surface area contributed by atoms with E-state index in [0.717, 1.165) is 71.7 Å². The molecule has 0 heterocycles. The topological polar surface area (TPSA) is 309 Å². The molecule has 10 rings (SSSR count). The van der Waals surface area contributed by atoms with Gasteiger partial charge in [-0.05, 0) is 203 Å². The first-order chi connectivity index (χ1) is 67.9. The van der Waals surface area contributed by atoms with Crippen LogP contribution in [-0.4, -0.2) is 109 Å². The molecule has 6 N–H and O–H groups in total. The Morgan fingerprint density at radius 1 is 0.292 bits per heavy atom. The van der Waals surface area contributed by atoms with E-state index in [2.05, 4.69) is 51.6 Å². The molecule has 762 valence electrons. The van der Waals surface area contributed by atoms with Crippen LogP contribution in [0.1, 0.15) is 143 Å². The molecule has 0 spiro atoms. The summed E-state index contributed by atoms with van der Waals surface area (Å²) in [5.74, 6) is -51.4. The second-order valence-corrected chi connectivity index (χ2v) is 37.7. The molecule has 24 nitrogen and oxygen atoms in total. The molecule has 10 aromatic carbocycles. The number of esters is 3. The van der Waals surface area contributed by atoms with Crippen LogP contribution in [0.5, 0.6) is 34.5 Å². The van der Waals surface area contributed by atoms with Crippen molar-refractivity contribution >= 4 is 89.2 Å². The van der Waals surface area contributed by atoms with E-state index in [-0.39, 0.29) is 104 Å². The number of halogens is 15. The predicted octanol–water partition coefficient (Wildman–Crippen LogP) is 21.3. The van der Waals surface area contributed by atoms with E-state index in [1.165, 1.54) is 36.4 Å². The average Bonchev–Trinajstić information content (AvgIpc) is 0.793. The lowest BCUT2D eigenvalue weighted by Gasteiger charge is -2.23. The van der Waals surface area contributed by atoms with Gasteiger partial charge in [0, 0.05) is 70.8 Å². The Hall–Kier alpha value is -14.6. The van der Waals surface area contributed by atoms with Crippen molar-refractivity contribution in [2.75, 3.05) is 19.8 Å². The van der Waals surface area contributed by atoms with Gasteiger partial charge in [-0.2, -0.15) is 26.3 Å². The molecule has 42 heteroatoms. The normalized spacial score (nSPS) is 12.0. The molecule has 0 saturated heterocycles. The summed E-state index contributed by atoms with van der Waals surface area (Å²) < 4.78 is 272. The molecule has 10 aromatic rings. The molecule has 0 saturated carbocycles. The average molecular weight is 2070 g/mol. The molecule has 0 fully saturated rings. The monoisotopic (exact) mass is 2070 g/mol. The lowest BCUT2D eigenvalue weighted by atomic mass is 10.0. The predicted molar refractivity (Wildman–Crippen MR) is 501 cm³/mol. The van der Waals surface area contributed by atoms with E-state index >= 15 is 26.3 Å². The second-order valence-electron chi connectivity index (χ2n) is 34.6. The van der Waals surface area contributed by atoms with Crippen LogP contribution < -0.4 is 60.3 Å². The van der Waals surface area contributed by atoms with E-state index in [1.54, 1.807) is 153 Å². The summed E-state index contributed by atoms with van der Waals surface area (Å²) >= 11 is 2.82. The van der Waals surface area contributed by atoms with Gasteiger partial charge in [0.15, 0.2) is 0 Å². The fourth-order valence-corrected chi connectivity index (χ4v) is 16.2. The first-order valence-corrected chi connectivity index (χ1v) is 46.3. The fraction of sp³-hybridized carbons (Fsp3) is 0.265. The number of thioether (sulfide) groups is 3. The Bertz CT molecular complexity index is 5800. The number of alkyl carbamates (subject to hydrolysis) is 3. The Labute approximate surface area is 828 Å². The van der Waals surface area contributed by atoms with Gasteiger partial charge in [-0.1, -0.05) is 92.6 Å². The number of amides is 6. The molecule has 0 aliphatic carbocycles. The highest BCUT2D eigenvalue weighted by Gasteiger charge is 2.36. The maximum atomic E-state index is 15.4. The smallest absolute Gasteiger partial charge is 0.408 e. The third-order valence-corrected chi connectivity index (χ3v) is 22.8. The number of carbonyl (C=O) groups excluding carboxylic acids is 9. The van der Waals surface area contributed by atoms with E-state index in [0.29, 0.717) is 33.9 Å². The van der Waals surface area contributed by atoms with Crippen LogP contribution >= 0.6 is 35.3 Å². The molecular formula is C102H93F15N6O18S3. The molecule has 0 aliphatic rings. The van der Waals surface area contributed by atoms with Crippen molar-refractivity contribution in [3.05, 3.63) is 338 Å². The van der Waals surface area contributed by atoms with Gasteiger partial charge < -0.3 is 74.5 Å². The van der Waals surface area contributed by atoms with E-state index in [9.17, 15) is 82.7 Å². The minimum Gasteiger partial charge on any atom is -0.490 e. The summed E-state index contributed by atoms with van der Waals surface area (Å²) in [4.78, 5) is 127. The largest absolute Gasteiger partial charge is 0.490 e. The maximum Gasteiger partial charge on any atom is 0.408 e. The number of hydrogen-bond donors (Lipinski definition) is 6. The summed E-state index contributed by atoms with van der Waals surface area (Å²) in [5.41, 5.74) is -3.56. The zero-order valence-corrected chi connectivity index (χ0v) is 80.6. The van der Waals surface area contributed by atoms with Crippen LogP contribution in [0.25, 0.3) is 0 Å². The Kier molecular flexibility index (Phi) is 38.6. The van der Waals surface area contributed by atoms with Gasteiger partial charge >= 0.3 is 36.2 Å². The number of carbonyl (C=O) groups is 9.